The van der Waals surface area contributed by atoms with Crippen LogP contribution in [0.3, 0.4) is 0 Å². The molecule has 1 N–H and O–H groups in total. The van der Waals surface area contributed by atoms with Gasteiger partial charge in [0.25, 0.3) is 0 Å². The first-order valence-corrected chi connectivity index (χ1v) is 9.64. The minimum absolute atomic E-state index is 1.16. The zero-order valence-corrected chi connectivity index (χ0v) is 15.1. The highest BCUT2D eigenvalue weighted by Gasteiger charge is 2.17. The number of nitrogens with one attached hydrogen (secondary N) is 1. The average molecular weight is 356 g/mol. The van der Waals surface area contributed by atoms with Crippen LogP contribution >= 0.6 is 0 Å². The van der Waals surface area contributed by atoms with Gasteiger partial charge < -0.3 is 9.38 Å². The largest absolute Gasteiger partial charge is 0.354 e. The van der Waals surface area contributed by atoms with Crippen molar-refractivity contribution in [2.24, 2.45) is 0 Å². The van der Waals surface area contributed by atoms with E-state index in [0.717, 1.165) is 5.35 Å². The highest BCUT2D eigenvalue weighted by molar-refractivity contribution is 6.24. The summed E-state index contributed by atoms with van der Waals surface area (Å²) in [6, 6.07) is 20.1. The molecule has 0 radical (unpaired) electrons. The van der Waals surface area contributed by atoms with Crippen molar-refractivity contribution in [3.8, 4) is 0 Å². The molecular formula is C26H16N2. The van der Waals surface area contributed by atoms with E-state index in [1.54, 1.807) is 0 Å². The fourth-order valence-corrected chi connectivity index (χ4v) is 4.90. The van der Waals surface area contributed by atoms with Crippen molar-refractivity contribution in [3.05, 3.63) is 89.5 Å². The lowest BCUT2D eigenvalue weighted by atomic mass is 10.1. The Balaban J connectivity index is 1.79. The summed E-state index contributed by atoms with van der Waals surface area (Å²) >= 11 is 0. The fourth-order valence-electron chi connectivity index (χ4n) is 4.90. The first-order chi connectivity index (χ1) is 13.9. The van der Waals surface area contributed by atoms with Crippen LogP contribution in [0.4, 0.5) is 0 Å². The van der Waals surface area contributed by atoms with Gasteiger partial charge in [0.15, 0.2) is 0 Å². The maximum absolute atomic E-state index is 3.63. The zero-order valence-electron chi connectivity index (χ0n) is 15.1. The minimum atomic E-state index is 1.16. The van der Waals surface area contributed by atoms with Gasteiger partial charge in [0, 0.05) is 43.0 Å². The number of benzene rings is 3. The lowest BCUT2D eigenvalue weighted by molar-refractivity contribution is 1.35. The molecular weight excluding hydrogens is 340 g/mol. The van der Waals surface area contributed by atoms with Gasteiger partial charge in [0.1, 0.15) is 0 Å². The molecule has 0 saturated carbocycles. The molecule has 0 atom stereocenters. The van der Waals surface area contributed by atoms with Crippen LogP contribution in [0, 0.1) is 0 Å². The van der Waals surface area contributed by atoms with E-state index in [1.807, 2.05) is 0 Å². The van der Waals surface area contributed by atoms with Crippen LogP contribution in [-0.2, 0) is 0 Å². The van der Waals surface area contributed by atoms with Crippen molar-refractivity contribution < 1.29 is 0 Å². The van der Waals surface area contributed by atoms with Crippen LogP contribution < -0.4 is 10.6 Å². The van der Waals surface area contributed by atoms with E-state index in [0.29, 0.717) is 0 Å². The maximum Gasteiger partial charge on any atom is 0.0620 e. The Kier molecular flexibility index (Phi) is 2.52. The molecule has 0 spiro atoms. The molecule has 3 aromatic heterocycles. The Morgan fingerprint density at radius 3 is 2.32 bits per heavy atom. The summed E-state index contributed by atoms with van der Waals surface area (Å²) in [5.41, 5.74) is 5.04. The van der Waals surface area contributed by atoms with E-state index in [1.165, 1.54) is 54.2 Å². The lowest BCUT2D eigenvalue weighted by Crippen LogP contribution is -2.22. The Bertz CT molecular complexity index is 1750. The summed E-state index contributed by atoms with van der Waals surface area (Å²) in [5.74, 6) is 0. The molecule has 0 fully saturated rings. The number of rotatable bonds is 0. The predicted molar refractivity (Wildman–Crippen MR) is 119 cm³/mol. The molecule has 0 saturated heterocycles. The summed E-state index contributed by atoms with van der Waals surface area (Å²) in [6.45, 7) is 0. The van der Waals surface area contributed by atoms with Crippen molar-refractivity contribution >= 4 is 61.1 Å². The summed E-state index contributed by atoms with van der Waals surface area (Å²) in [7, 11) is 0. The number of fused-ring (bicyclic) bond motifs is 9. The number of hydrogen-bond donors (Lipinski definition) is 1. The fraction of sp³-hybridized carbons (Fsp3) is 0. The van der Waals surface area contributed by atoms with Crippen LogP contribution in [-0.4, -0.2) is 9.38 Å². The van der Waals surface area contributed by atoms with Gasteiger partial charge in [-0.15, -0.1) is 0 Å². The highest BCUT2D eigenvalue weighted by Crippen LogP contribution is 2.39. The van der Waals surface area contributed by atoms with Gasteiger partial charge in [-0.2, -0.15) is 0 Å². The Hall–Kier alpha value is -3.78. The molecule has 130 valence electrons. The molecule has 0 amide bonds. The van der Waals surface area contributed by atoms with Crippen molar-refractivity contribution in [1.82, 2.24) is 9.38 Å². The highest BCUT2D eigenvalue weighted by atomic mass is 14.9. The Morgan fingerprint density at radius 1 is 0.607 bits per heavy atom. The first-order valence-electron chi connectivity index (χ1n) is 9.64. The van der Waals surface area contributed by atoms with E-state index < -0.39 is 0 Å². The molecule has 7 rings (SSSR count). The second-order valence-corrected chi connectivity index (χ2v) is 7.52. The number of aromatic nitrogens is 2. The maximum atomic E-state index is 3.63. The van der Waals surface area contributed by atoms with Crippen molar-refractivity contribution in [2.75, 3.05) is 0 Å². The molecule has 1 aliphatic rings. The van der Waals surface area contributed by atoms with Crippen molar-refractivity contribution in [3.63, 3.8) is 0 Å². The number of aromatic amines is 1. The van der Waals surface area contributed by atoms with E-state index in [9.17, 15) is 0 Å². The van der Waals surface area contributed by atoms with Gasteiger partial charge >= 0.3 is 0 Å². The van der Waals surface area contributed by atoms with Gasteiger partial charge in [0.05, 0.1) is 16.6 Å². The molecule has 2 heteroatoms. The van der Waals surface area contributed by atoms with Gasteiger partial charge in [-0.3, -0.25) is 0 Å². The van der Waals surface area contributed by atoms with Crippen LogP contribution in [0.15, 0.2) is 78.9 Å². The normalized spacial score (nSPS) is 16.4. The summed E-state index contributed by atoms with van der Waals surface area (Å²) < 4.78 is 2.43. The molecule has 0 unspecified atom stereocenters. The monoisotopic (exact) mass is 356 g/mol. The lowest BCUT2D eigenvalue weighted by Gasteiger charge is -1.98. The molecule has 0 bridgehead atoms. The summed E-state index contributed by atoms with van der Waals surface area (Å²) in [6.07, 6.45) is 12.7. The smallest absolute Gasteiger partial charge is 0.0620 e. The molecule has 1 aliphatic carbocycles. The molecule has 0 aliphatic heterocycles. The van der Waals surface area contributed by atoms with E-state index in [2.05, 4.69) is 100 Å². The average Bonchev–Trinajstić information content (AvgIpc) is 3.32. The third kappa shape index (κ3) is 1.64. The van der Waals surface area contributed by atoms with Crippen LogP contribution in [0.2, 0.25) is 0 Å². The minimum Gasteiger partial charge on any atom is -0.354 e. The second kappa shape index (κ2) is 4.93. The first kappa shape index (κ1) is 14.3. The Morgan fingerprint density at radius 2 is 1.39 bits per heavy atom. The number of para-hydroxylation sites is 2. The third-order valence-corrected chi connectivity index (χ3v) is 6.07. The zero-order chi connectivity index (χ0) is 18.2. The number of nitrogens with zero attached hydrogens (tertiary/aromatic N) is 1. The standard InChI is InChI=1S/C26H16N2/c1-2-4-12-22-16(8-3-1)20-14-21-19-11-7-10-18-17-9-5-6-13-24(17)28(26(18)19)25(21)15-23(20)27-22/h1-15,27H/b2-1?,3-1?,4-2?,8-3?,12-4?,16-8-,22-12+. The summed E-state index contributed by atoms with van der Waals surface area (Å²) in [5, 5.41) is 8.98. The van der Waals surface area contributed by atoms with Gasteiger partial charge in [-0.1, -0.05) is 66.8 Å². The SMILES string of the molecule is C1=C/C=c2\c([nH]c3cc4c(cc23)c2cccc3c5ccccc5n4c32)=C/C=C1. The second-order valence-electron chi connectivity index (χ2n) is 7.52. The van der Waals surface area contributed by atoms with E-state index >= 15 is 0 Å². The number of H-pyrrole nitrogens is 1. The van der Waals surface area contributed by atoms with Gasteiger partial charge in [-0.25, -0.2) is 0 Å². The molecule has 6 aromatic rings. The van der Waals surface area contributed by atoms with Crippen LogP contribution in [0.1, 0.15) is 0 Å². The molecule has 3 heterocycles. The molecule has 2 nitrogen and oxygen atoms in total. The van der Waals surface area contributed by atoms with Gasteiger partial charge in [-0.05, 0) is 24.3 Å². The number of hydrogen-bond acceptors (Lipinski definition) is 0. The van der Waals surface area contributed by atoms with Crippen LogP contribution in [0.25, 0.3) is 61.1 Å². The van der Waals surface area contributed by atoms with E-state index in [4.69, 9.17) is 0 Å². The van der Waals surface area contributed by atoms with E-state index in [-0.39, 0.29) is 0 Å². The summed E-state index contributed by atoms with van der Waals surface area (Å²) in [4.78, 5) is 3.63. The number of allylic oxidation sites excluding steroid dienone is 4. The Labute approximate surface area is 160 Å². The van der Waals surface area contributed by atoms with Crippen LogP contribution in [0.5, 0.6) is 0 Å². The van der Waals surface area contributed by atoms with Crippen molar-refractivity contribution in [2.45, 2.75) is 0 Å². The predicted octanol–water partition coefficient (Wildman–Crippen LogP) is 5.01. The topological polar surface area (TPSA) is 20.2 Å². The molecule has 3 aromatic carbocycles. The van der Waals surface area contributed by atoms with Crippen molar-refractivity contribution in [1.29, 1.82) is 0 Å². The molecule has 28 heavy (non-hydrogen) atoms. The van der Waals surface area contributed by atoms with Gasteiger partial charge in [0.2, 0.25) is 0 Å². The third-order valence-electron chi connectivity index (χ3n) is 6.07. The quantitative estimate of drug-likeness (QED) is 0.395.